The van der Waals surface area contributed by atoms with Gasteiger partial charge in [0.1, 0.15) is 5.82 Å². The fraction of sp³-hybridized carbons (Fsp3) is 0.455. The molecule has 1 fully saturated rings. The molecule has 0 unspecified atom stereocenters. The van der Waals surface area contributed by atoms with Gasteiger partial charge in [0, 0.05) is 24.9 Å². The molecule has 0 atom stereocenters. The zero-order valence-corrected chi connectivity index (χ0v) is 9.61. The molecular formula is C11H12N4O3. The summed E-state index contributed by atoms with van der Waals surface area (Å²) < 4.78 is 3.25. The van der Waals surface area contributed by atoms with Crippen LogP contribution in [-0.2, 0) is 11.2 Å². The molecular weight excluding hydrogens is 236 g/mol. The lowest BCUT2D eigenvalue weighted by Gasteiger charge is -2.03. The van der Waals surface area contributed by atoms with Crippen LogP contribution in [0.15, 0.2) is 17.2 Å². The molecule has 18 heavy (non-hydrogen) atoms. The zero-order valence-electron chi connectivity index (χ0n) is 9.61. The number of aromatic nitrogens is 4. The summed E-state index contributed by atoms with van der Waals surface area (Å²) in [5.41, 5.74) is 0.110. The molecule has 1 N–H and O–H groups in total. The fourth-order valence-corrected chi connectivity index (χ4v) is 1.98. The van der Waals surface area contributed by atoms with E-state index in [1.165, 1.54) is 0 Å². The van der Waals surface area contributed by atoms with Crippen LogP contribution in [0, 0.1) is 0 Å². The molecule has 0 bridgehead atoms. The highest BCUT2D eigenvalue weighted by molar-refractivity contribution is 5.66. The van der Waals surface area contributed by atoms with Gasteiger partial charge in [0.25, 0.3) is 5.56 Å². The Kier molecular flexibility index (Phi) is 2.39. The van der Waals surface area contributed by atoms with E-state index in [4.69, 9.17) is 5.11 Å². The van der Waals surface area contributed by atoms with Crippen LogP contribution in [0.5, 0.6) is 0 Å². The van der Waals surface area contributed by atoms with Crippen LogP contribution in [0.25, 0.3) is 5.65 Å². The standard InChI is InChI=1S/C11H12N4O3/c16-9(17)4-3-8-12-13-10-11(18)14(7-1-2-7)5-6-15(8)10/h5-7H,1-4H2,(H,16,17). The molecule has 0 saturated heterocycles. The second-order valence-corrected chi connectivity index (χ2v) is 4.45. The van der Waals surface area contributed by atoms with E-state index in [9.17, 15) is 9.59 Å². The van der Waals surface area contributed by atoms with E-state index < -0.39 is 5.97 Å². The summed E-state index contributed by atoms with van der Waals surface area (Å²) >= 11 is 0. The zero-order chi connectivity index (χ0) is 12.7. The van der Waals surface area contributed by atoms with E-state index in [-0.39, 0.29) is 24.0 Å². The lowest BCUT2D eigenvalue weighted by atomic mass is 10.3. The third-order valence-electron chi connectivity index (χ3n) is 3.07. The molecule has 0 aromatic carbocycles. The molecule has 2 aromatic heterocycles. The average molecular weight is 248 g/mol. The summed E-state index contributed by atoms with van der Waals surface area (Å²) in [7, 11) is 0. The number of nitrogens with zero attached hydrogens (tertiary/aromatic N) is 4. The van der Waals surface area contributed by atoms with Gasteiger partial charge in [-0.3, -0.25) is 14.0 Å². The minimum absolute atomic E-state index is 0.0213. The van der Waals surface area contributed by atoms with Gasteiger partial charge >= 0.3 is 5.97 Å². The van der Waals surface area contributed by atoms with Gasteiger partial charge in [-0.05, 0) is 12.8 Å². The fourth-order valence-electron chi connectivity index (χ4n) is 1.98. The number of hydrogen-bond donors (Lipinski definition) is 1. The van der Waals surface area contributed by atoms with Crippen molar-refractivity contribution in [3.05, 3.63) is 28.6 Å². The van der Waals surface area contributed by atoms with Crippen LogP contribution in [0.3, 0.4) is 0 Å². The van der Waals surface area contributed by atoms with Gasteiger partial charge < -0.3 is 9.67 Å². The largest absolute Gasteiger partial charge is 0.481 e. The Morgan fingerprint density at radius 2 is 2.17 bits per heavy atom. The molecule has 3 rings (SSSR count). The van der Waals surface area contributed by atoms with Crippen LogP contribution < -0.4 is 5.56 Å². The summed E-state index contributed by atoms with van der Waals surface area (Å²) in [4.78, 5) is 22.6. The maximum atomic E-state index is 12.1. The first-order valence-corrected chi connectivity index (χ1v) is 5.83. The third-order valence-corrected chi connectivity index (χ3v) is 3.07. The van der Waals surface area contributed by atoms with Crippen molar-refractivity contribution in [1.29, 1.82) is 0 Å². The molecule has 0 amide bonds. The number of hydrogen-bond acceptors (Lipinski definition) is 4. The van der Waals surface area contributed by atoms with E-state index in [1.807, 2.05) is 0 Å². The molecule has 0 radical (unpaired) electrons. The Morgan fingerprint density at radius 3 is 2.83 bits per heavy atom. The monoisotopic (exact) mass is 248 g/mol. The first-order valence-electron chi connectivity index (χ1n) is 5.83. The van der Waals surface area contributed by atoms with Crippen molar-refractivity contribution in [2.75, 3.05) is 0 Å². The quantitative estimate of drug-likeness (QED) is 0.837. The molecule has 2 heterocycles. The summed E-state index contributed by atoms with van der Waals surface area (Å²) in [6.07, 6.45) is 5.74. The molecule has 1 aliphatic carbocycles. The second-order valence-electron chi connectivity index (χ2n) is 4.45. The van der Waals surface area contributed by atoms with Crippen molar-refractivity contribution in [1.82, 2.24) is 19.2 Å². The molecule has 7 nitrogen and oxygen atoms in total. The van der Waals surface area contributed by atoms with E-state index in [0.29, 0.717) is 11.9 Å². The van der Waals surface area contributed by atoms with Gasteiger partial charge in [-0.25, -0.2) is 0 Å². The highest BCUT2D eigenvalue weighted by atomic mass is 16.4. The third kappa shape index (κ3) is 1.77. The Balaban J connectivity index is 2.01. The minimum atomic E-state index is -0.891. The topological polar surface area (TPSA) is 89.5 Å². The van der Waals surface area contributed by atoms with Gasteiger partial charge in [-0.2, -0.15) is 0 Å². The lowest BCUT2D eigenvalue weighted by Crippen LogP contribution is -2.21. The number of carboxylic acid groups (broad SMARTS) is 1. The van der Waals surface area contributed by atoms with E-state index >= 15 is 0 Å². The van der Waals surface area contributed by atoms with Crippen molar-refractivity contribution in [2.45, 2.75) is 31.7 Å². The van der Waals surface area contributed by atoms with Crippen molar-refractivity contribution in [2.24, 2.45) is 0 Å². The van der Waals surface area contributed by atoms with Crippen LogP contribution in [0.4, 0.5) is 0 Å². The maximum Gasteiger partial charge on any atom is 0.303 e. The Morgan fingerprint density at radius 1 is 1.39 bits per heavy atom. The number of aryl methyl sites for hydroxylation is 1. The number of carboxylic acids is 1. The predicted molar refractivity (Wildman–Crippen MR) is 61.5 cm³/mol. The molecule has 0 spiro atoms. The average Bonchev–Trinajstić information content (AvgIpc) is 3.07. The number of fused-ring (bicyclic) bond motifs is 1. The predicted octanol–water partition coefficient (Wildman–Crippen LogP) is 0.243. The summed E-state index contributed by atoms with van der Waals surface area (Å²) in [6.45, 7) is 0. The van der Waals surface area contributed by atoms with Gasteiger partial charge in [-0.15, -0.1) is 10.2 Å². The molecule has 2 aromatic rings. The Labute approximate surface area is 102 Å². The molecule has 94 valence electrons. The van der Waals surface area contributed by atoms with Crippen molar-refractivity contribution in [3.63, 3.8) is 0 Å². The Bertz CT molecular complexity index is 668. The van der Waals surface area contributed by atoms with Crippen LogP contribution >= 0.6 is 0 Å². The minimum Gasteiger partial charge on any atom is -0.481 e. The number of carbonyl (C=O) groups is 1. The number of rotatable bonds is 4. The molecule has 1 saturated carbocycles. The summed E-state index contributed by atoms with van der Waals surface area (Å²) in [6, 6.07) is 0.293. The highest BCUT2D eigenvalue weighted by Gasteiger charge is 2.25. The number of aliphatic carboxylic acids is 1. The van der Waals surface area contributed by atoms with Crippen LogP contribution in [0.1, 0.15) is 31.1 Å². The van der Waals surface area contributed by atoms with Crippen molar-refractivity contribution in [3.8, 4) is 0 Å². The summed E-state index contributed by atoms with van der Waals surface area (Å²) in [5.74, 6) is -0.384. The smallest absolute Gasteiger partial charge is 0.303 e. The second kappa shape index (κ2) is 3.94. The van der Waals surface area contributed by atoms with Gasteiger partial charge in [0.05, 0.1) is 6.42 Å². The van der Waals surface area contributed by atoms with Gasteiger partial charge in [0.2, 0.25) is 5.65 Å². The first kappa shape index (κ1) is 10.9. The lowest BCUT2D eigenvalue weighted by molar-refractivity contribution is -0.137. The van der Waals surface area contributed by atoms with Gasteiger partial charge in [0.15, 0.2) is 0 Å². The molecule has 0 aliphatic heterocycles. The van der Waals surface area contributed by atoms with Gasteiger partial charge in [-0.1, -0.05) is 0 Å². The van der Waals surface area contributed by atoms with Crippen molar-refractivity contribution < 1.29 is 9.90 Å². The highest BCUT2D eigenvalue weighted by Crippen LogP contribution is 2.33. The van der Waals surface area contributed by atoms with Crippen LogP contribution in [0.2, 0.25) is 0 Å². The molecule has 1 aliphatic rings. The van der Waals surface area contributed by atoms with E-state index in [1.54, 1.807) is 21.4 Å². The van der Waals surface area contributed by atoms with E-state index in [2.05, 4.69) is 10.2 Å². The molecule has 7 heteroatoms. The first-order chi connectivity index (χ1) is 8.66. The SMILES string of the molecule is O=C(O)CCc1nnc2c(=O)n(C3CC3)ccn12. The Hall–Kier alpha value is -2.18. The van der Waals surface area contributed by atoms with Crippen molar-refractivity contribution >= 4 is 11.6 Å². The van der Waals surface area contributed by atoms with Crippen LogP contribution in [-0.4, -0.2) is 30.2 Å². The summed E-state index contributed by atoms with van der Waals surface area (Å²) in [5, 5.41) is 16.4. The maximum absolute atomic E-state index is 12.1. The van der Waals surface area contributed by atoms with E-state index in [0.717, 1.165) is 12.8 Å². The normalized spacial score (nSPS) is 15.1.